The van der Waals surface area contributed by atoms with E-state index in [-0.39, 0.29) is 6.61 Å². The SMILES string of the molecule is CC#CCN1CCN(C(CC)CO)CC1. The van der Waals surface area contributed by atoms with E-state index < -0.39 is 0 Å². The molecule has 1 fully saturated rings. The summed E-state index contributed by atoms with van der Waals surface area (Å²) in [4.78, 5) is 4.76. The van der Waals surface area contributed by atoms with Crippen molar-refractivity contribution in [1.29, 1.82) is 0 Å². The molecule has 0 saturated carbocycles. The smallest absolute Gasteiger partial charge is 0.0602 e. The Kier molecular flexibility index (Phi) is 5.70. The first-order valence-corrected chi connectivity index (χ1v) is 5.78. The average Bonchev–Trinajstić information content (AvgIpc) is 2.29. The van der Waals surface area contributed by atoms with E-state index in [0.29, 0.717) is 6.04 Å². The van der Waals surface area contributed by atoms with Crippen LogP contribution in [0.25, 0.3) is 0 Å². The molecule has 0 amide bonds. The lowest BCUT2D eigenvalue weighted by Crippen LogP contribution is -2.51. The lowest BCUT2D eigenvalue weighted by molar-refractivity contribution is 0.0687. The first-order valence-electron chi connectivity index (χ1n) is 5.78. The third-order valence-corrected chi connectivity index (χ3v) is 3.08. The fourth-order valence-corrected chi connectivity index (χ4v) is 1.98. The minimum absolute atomic E-state index is 0.283. The molecule has 1 N–H and O–H groups in total. The second-order valence-corrected chi connectivity index (χ2v) is 3.98. The normalized spacial score (nSPS) is 20.7. The molecule has 3 heteroatoms. The highest BCUT2D eigenvalue weighted by atomic mass is 16.3. The summed E-state index contributed by atoms with van der Waals surface area (Å²) in [5.74, 6) is 6.02. The van der Waals surface area contributed by atoms with Crippen LogP contribution in [0.5, 0.6) is 0 Å². The van der Waals surface area contributed by atoms with Crippen molar-refractivity contribution in [2.24, 2.45) is 0 Å². The molecule has 1 rings (SSSR count). The van der Waals surface area contributed by atoms with Gasteiger partial charge in [-0.2, -0.15) is 0 Å². The number of aliphatic hydroxyl groups excluding tert-OH is 1. The zero-order valence-corrected chi connectivity index (χ0v) is 9.87. The van der Waals surface area contributed by atoms with E-state index in [2.05, 4.69) is 28.6 Å². The Labute approximate surface area is 93.1 Å². The van der Waals surface area contributed by atoms with Gasteiger partial charge in [0, 0.05) is 32.2 Å². The van der Waals surface area contributed by atoms with E-state index in [9.17, 15) is 5.11 Å². The molecule has 1 atom stereocenters. The van der Waals surface area contributed by atoms with E-state index in [1.165, 1.54) is 0 Å². The van der Waals surface area contributed by atoms with Crippen LogP contribution >= 0.6 is 0 Å². The third-order valence-electron chi connectivity index (χ3n) is 3.08. The van der Waals surface area contributed by atoms with Gasteiger partial charge in [-0.3, -0.25) is 9.80 Å². The number of piperazine rings is 1. The van der Waals surface area contributed by atoms with Gasteiger partial charge in [-0.15, -0.1) is 5.92 Å². The molecule has 1 unspecified atom stereocenters. The van der Waals surface area contributed by atoms with Gasteiger partial charge in [0.25, 0.3) is 0 Å². The highest BCUT2D eigenvalue weighted by Gasteiger charge is 2.21. The molecule has 0 radical (unpaired) electrons. The van der Waals surface area contributed by atoms with Crippen LogP contribution in [0.15, 0.2) is 0 Å². The van der Waals surface area contributed by atoms with Crippen molar-refractivity contribution in [2.45, 2.75) is 26.3 Å². The van der Waals surface area contributed by atoms with Crippen LogP contribution in [0.1, 0.15) is 20.3 Å². The maximum atomic E-state index is 9.21. The molecule has 3 nitrogen and oxygen atoms in total. The summed E-state index contributed by atoms with van der Waals surface area (Å²) in [5, 5.41) is 9.21. The summed E-state index contributed by atoms with van der Waals surface area (Å²) in [6, 6.07) is 0.351. The Bertz CT molecular complexity index is 220. The Morgan fingerprint density at radius 1 is 1.27 bits per heavy atom. The van der Waals surface area contributed by atoms with E-state index >= 15 is 0 Å². The van der Waals surface area contributed by atoms with E-state index in [0.717, 1.165) is 39.1 Å². The fraction of sp³-hybridized carbons (Fsp3) is 0.833. The summed E-state index contributed by atoms with van der Waals surface area (Å²) in [5.41, 5.74) is 0. The Morgan fingerprint density at radius 2 is 1.93 bits per heavy atom. The molecule has 1 heterocycles. The van der Waals surface area contributed by atoms with E-state index in [1.54, 1.807) is 0 Å². The maximum absolute atomic E-state index is 9.21. The number of hydrogen-bond donors (Lipinski definition) is 1. The van der Waals surface area contributed by atoms with Gasteiger partial charge in [0.2, 0.25) is 0 Å². The van der Waals surface area contributed by atoms with Gasteiger partial charge in [0.1, 0.15) is 0 Å². The van der Waals surface area contributed by atoms with Crippen LogP contribution in [0, 0.1) is 11.8 Å². The van der Waals surface area contributed by atoms with Gasteiger partial charge < -0.3 is 5.11 Å². The first-order chi connectivity index (χ1) is 7.31. The number of nitrogens with zero attached hydrogens (tertiary/aromatic N) is 2. The standard InChI is InChI=1S/C12H22N2O/c1-3-5-6-13-7-9-14(10-8-13)12(4-2)11-15/h12,15H,4,6-11H2,1-2H3. The molecule has 1 aliphatic heterocycles. The summed E-state index contributed by atoms with van der Waals surface area (Å²) >= 11 is 0. The number of rotatable bonds is 4. The van der Waals surface area contributed by atoms with Crippen molar-refractivity contribution < 1.29 is 5.11 Å². The van der Waals surface area contributed by atoms with E-state index in [4.69, 9.17) is 0 Å². The molecule has 1 saturated heterocycles. The molecule has 0 aliphatic carbocycles. The number of aliphatic hydroxyl groups is 1. The minimum atomic E-state index is 0.283. The van der Waals surface area contributed by atoms with Crippen molar-refractivity contribution in [3.05, 3.63) is 0 Å². The first kappa shape index (κ1) is 12.5. The van der Waals surface area contributed by atoms with Crippen LogP contribution in [-0.4, -0.2) is 60.3 Å². The molecular weight excluding hydrogens is 188 g/mol. The zero-order chi connectivity index (χ0) is 11.1. The van der Waals surface area contributed by atoms with Crippen LogP contribution in [0.3, 0.4) is 0 Å². The quantitative estimate of drug-likeness (QED) is 0.680. The zero-order valence-electron chi connectivity index (χ0n) is 9.87. The summed E-state index contributed by atoms with van der Waals surface area (Å²) < 4.78 is 0. The highest BCUT2D eigenvalue weighted by molar-refractivity contribution is 4.98. The predicted octanol–water partition coefficient (Wildman–Crippen LogP) is 0.398. The van der Waals surface area contributed by atoms with Crippen LogP contribution in [0.4, 0.5) is 0 Å². The Hall–Kier alpha value is -0.560. The van der Waals surface area contributed by atoms with Crippen LogP contribution < -0.4 is 0 Å². The predicted molar refractivity (Wildman–Crippen MR) is 62.6 cm³/mol. The molecule has 0 aromatic rings. The maximum Gasteiger partial charge on any atom is 0.0602 e. The van der Waals surface area contributed by atoms with Crippen molar-refractivity contribution in [3.8, 4) is 11.8 Å². The second kappa shape index (κ2) is 6.84. The Balaban J connectivity index is 2.30. The van der Waals surface area contributed by atoms with Crippen LogP contribution in [-0.2, 0) is 0 Å². The van der Waals surface area contributed by atoms with Crippen molar-refractivity contribution in [2.75, 3.05) is 39.3 Å². The minimum Gasteiger partial charge on any atom is -0.395 e. The second-order valence-electron chi connectivity index (χ2n) is 3.98. The summed E-state index contributed by atoms with van der Waals surface area (Å²) in [6.07, 6.45) is 1.03. The monoisotopic (exact) mass is 210 g/mol. The molecule has 0 bridgehead atoms. The topological polar surface area (TPSA) is 26.7 Å². The Morgan fingerprint density at radius 3 is 2.40 bits per heavy atom. The molecule has 0 aromatic carbocycles. The van der Waals surface area contributed by atoms with Gasteiger partial charge in [0.15, 0.2) is 0 Å². The largest absolute Gasteiger partial charge is 0.395 e. The average molecular weight is 210 g/mol. The summed E-state index contributed by atoms with van der Waals surface area (Å²) in [7, 11) is 0. The lowest BCUT2D eigenvalue weighted by atomic mass is 10.1. The highest BCUT2D eigenvalue weighted by Crippen LogP contribution is 2.08. The van der Waals surface area contributed by atoms with Gasteiger partial charge in [-0.05, 0) is 13.3 Å². The summed E-state index contributed by atoms with van der Waals surface area (Å²) in [6.45, 7) is 9.46. The van der Waals surface area contributed by atoms with Gasteiger partial charge >= 0.3 is 0 Å². The molecule has 15 heavy (non-hydrogen) atoms. The lowest BCUT2D eigenvalue weighted by Gasteiger charge is -2.37. The van der Waals surface area contributed by atoms with E-state index in [1.807, 2.05) is 6.92 Å². The number of hydrogen-bond acceptors (Lipinski definition) is 3. The molecule has 0 spiro atoms. The van der Waals surface area contributed by atoms with Crippen LogP contribution in [0.2, 0.25) is 0 Å². The fourth-order valence-electron chi connectivity index (χ4n) is 1.98. The molecule has 1 aliphatic rings. The van der Waals surface area contributed by atoms with Crippen molar-refractivity contribution >= 4 is 0 Å². The third kappa shape index (κ3) is 3.83. The molecule has 86 valence electrons. The molecular formula is C12H22N2O. The van der Waals surface area contributed by atoms with Crippen molar-refractivity contribution in [1.82, 2.24) is 9.80 Å². The van der Waals surface area contributed by atoms with Gasteiger partial charge in [0.05, 0.1) is 13.2 Å². The van der Waals surface area contributed by atoms with Gasteiger partial charge in [-0.25, -0.2) is 0 Å². The van der Waals surface area contributed by atoms with Gasteiger partial charge in [-0.1, -0.05) is 12.8 Å². The molecule has 0 aromatic heterocycles. The van der Waals surface area contributed by atoms with Crippen molar-refractivity contribution in [3.63, 3.8) is 0 Å².